The molecule has 0 spiro atoms. The number of nitrogens with one attached hydrogen (secondary N) is 2. The maximum Gasteiger partial charge on any atom is 0.191 e. The first-order valence-corrected chi connectivity index (χ1v) is 8.00. The molecule has 0 saturated carbocycles. The Hall–Kier alpha value is -2.19. The van der Waals surface area contributed by atoms with Gasteiger partial charge in [0.2, 0.25) is 0 Å². The number of hydrazone groups is 1. The lowest BCUT2D eigenvalue weighted by atomic mass is 10.2. The van der Waals surface area contributed by atoms with Crippen LogP contribution in [0.3, 0.4) is 0 Å². The minimum Gasteiger partial charge on any atom is -0.493 e. The smallest absolute Gasteiger partial charge is 0.191 e. The predicted octanol–water partition coefficient (Wildman–Crippen LogP) is 3.93. The van der Waals surface area contributed by atoms with E-state index in [0.29, 0.717) is 21.1 Å². The van der Waals surface area contributed by atoms with Crippen LogP contribution in [0.2, 0.25) is 0 Å². The van der Waals surface area contributed by atoms with Gasteiger partial charge >= 0.3 is 0 Å². The highest BCUT2D eigenvalue weighted by atomic mass is 79.9. The van der Waals surface area contributed by atoms with E-state index in [4.69, 9.17) is 21.7 Å². The van der Waals surface area contributed by atoms with Crippen molar-refractivity contribution in [1.29, 1.82) is 0 Å². The maximum atomic E-state index is 13.2. The lowest BCUT2D eigenvalue weighted by Gasteiger charge is -2.11. The van der Waals surface area contributed by atoms with E-state index in [1.54, 1.807) is 44.6 Å². The van der Waals surface area contributed by atoms with Crippen LogP contribution in [0, 0.1) is 5.82 Å². The summed E-state index contributed by atoms with van der Waals surface area (Å²) in [6.07, 6.45) is 1.53. The molecule has 126 valence electrons. The Morgan fingerprint density at radius 1 is 1.17 bits per heavy atom. The maximum absolute atomic E-state index is 13.2. The predicted molar refractivity (Wildman–Crippen MR) is 101 cm³/mol. The molecule has 24 heavy (non-hydrogen) atoms. The summed E-state index contributed by atoms with van der Waals surface area (Å²) < 4.78 is 23.9. The molecule has 0 atom stereocenters. The first-order valence-electron chi connectivity index (χ1n) is 6.80. The minimum absolute atomic E-state index is 0.305. The van der Waals surface area contributed by atoms with E-state index < -0.39 is 0 Å². The Bertz CT molecular complexity index is 771. The second kappa shape index (κ2) is 8.60. The van der Waals surface area contributed by atoms with Gasteiger partial charge in [-0.15, -0.1) is 0 Å². The molecule has 0 aliphatic heterocycles. The summed E-state index contributed by atoms with van der Waals surface area (Å²) >= 11 is 8.28. The van der Waals surface area contributed by atoms with Gasteiger partial charge in [-0.25, -0.2) is 4.39 Å². The van der Waals surface area contributed by atoms with E-state index in [0.717, 1.165) is 11.3 Å². The summed E-state index contributed by atoms with van der Waals surface area (Å²) in [6, 6.07) is 9.90. The Morgan fingerprint density at radius 2 is 1.92 bits per heavy atom. The average Bonchev–Trinajstić information content (AvgIpc) is 2.58. The molecular formula is C16H15BrFN3O2S. The molecule has 0 unspecified atom stereocenters. The van der Waals surface area contributed by atoms with Gasteiger partial charge in [0, 0.05) is 11.8 Å². The quantitative estimate of drug-likeness (QED) is 0.443. The SMILES string of the molecule is COc1ccc(NC(=S)N/N=C\c2ccc(F)c(Br)c2)cc1OC. The summed E-state index contributed by atoms with van der Waals surface area (Å²) in [5, 5.41) is 7.29. The van der Waals surface area contributed by atoms with Gasteiger partial charge in [-0.1, -0.05) is 6.07 Å². The molecule has 8 heteroatoms. The zero-order valence-corrected chi connectivity index (χ0v) is 15.4. The monoisotopic (exact) mass is 411 g/mol. The van der Waals surface area contributed by atoms with Crippen molar-refractivity contribution in [3.05, 3.63) is 52.3 Å². The number of hydrogen-bond acceptors (Lipinski definition) is 4. The second-order valence-electron chi connectivity index (χ2n) is 4.57. The Morgan fingerprint density at radius 3 is 2.58 bits per heavy atom. The molecule has 0 radical (unpaired) electrons. The molecule has 2 N–H and O–H groups in total. The lowest BCUT2D eigenvalue weighted by molar-refractivity contribution is 0.355. The first-order chi connectivity index (χ1) is 11.5. The first kappa shape index (κ1) is 18.2. The summed E-state index contributed by atoms with van der Waals surface area (Å²) in [5.41, 5.74) is 4.14. The third-order valence-electron chi connectivity index (χ3n) is 2.96. The molecule has 0 fully saturated rings. The average molecular weight is 412 g/mol. The fourth-order valence-electron chi connectivity index (χ4n) is 1.83. The van der Waals surface area contributed by atoms with Crippen molar-refractivity contribution in [2.24, 2.45) is 5.10 Å². The molecule has 5 nitrogen and oxygen atoms in total. The van der Waals surface area contributed by atoms with Crippen LogP contribution in [0.25, 0.3) is 0 Å². The number of rotatable bonds is 5. The topological polar surface area (TPSA) is 54.9 Å². The number of anilines is 1. The van der Waals surface area contributed by atoms with Crippen LogP contribution in [0.5, 0.6) is 11.5 Å². The normalized spacial score (nSPS) is 10.5. The van der Waals surface area contributed by atoms with Crippen molar-refractivity contribution in [3.8, 4) is 11.5 Å². The van der Waals surface area contributed by atoms with E-state index >= 15 is 0 Å². The van der Waals surface area contributed by atoms with Crippen LogP contribution in [0.1, 0.15) is 5.56 Å². The fraction of sp³-hybridized carbons (Fsp3) is 0.125. The molecule has 0 bridgehead atoms. The summed E-state index contributed by atoms with van der Waals surface area (Å²) in [5.74, 6) is 0.887. The third-order valence-corrected chi connectivity index (χ3v) is 3.77. The van der Waals surface area contributed by atoms with Crippen LogP contribution < -0.4 is 20.2 Å². The van der Waals surface area contributed by atoms with E-state index in [2.05, 4.69) is 31.8 Å². The zero-order valence-electron chi connectivity index (χ0n) is 13.0. The van der Waals surface area contributed by atoms with Crippen LogP contribution in [-0.4, -0.2) is 25.5 Å². The molecule has 0 heterocycles. The van der Waals surface area contributed by atoms with Gasteiger partial charge < -0.3 is 14.8 Å². The molecule has 0 saturated heterocycles. The largest absolute Gasteiger partial charge is 0.493 e. The number of benzene rings is 2. The number of hydrogen-bond donors (Lipinski definition) is 2. The standard InChI is InChI=1S/C16H15BrFN3O2S/c1-22-14-6-4-11(8-15(14)23-2)20-16(24)21-19-9-10-3-5-13(18)12(17)7-10/h3-9H,1-2H3,(H2,20,21,24)/b19-9-. The Kier molecular flexibility index (Phi) is 6.51. The van der Waals surface area contributed by atoms with E-state index in [1.807, 2.05) is 0 Å². The van der Waals surface area contributed by atoms with Crippen LogP contribution in [0.4, 0.5) is 10.1 Å². The number of thiocarbonyl (C=S) groups is 1. The van der Waals surface area contributed by atoms with E-state index in [9.17, 15) is 4.39 Å². The highest BCUT2D eigenvalue weighted by molar-refractivity contribution is 9.10. The van der Waals surface area contributed by atoms with Gasteiger partial charge in [0.1, 0.15) is 5.82 Å². The van der Waals surface area contributed by atoms with E-state index in [-0.39, 0.29) is 5.82 Å². The van der Waals surface area contributed by atoms with Crippen molar-refractivity contribution in [1.82, 2.24) is 5.43 Å². The van der Waals surface area contributed by atoms with Crippen molar-refractivity contribution < 1.29 is 13.9 Å². The second-order valence-corrected chi connectivity index (χ2v) is 5.83. The van der Waals surface area contributed by atoms with Crippen LogP contribution in [-0.2, 0) is 0 Å². The number of nitrogens with zero attached hydrogens (tertiary/aromatic N) is 1. The fourth-order valence-corrected chi connectivity index (χ4v) is 2.40. The van der Waals surface area contributed by atoms with Crippen LogP contribution >= 0.6 is 28.1 Å². The van der Waals surface area contributed by atoms with Crippen molar-refractivity contribution in [2.45, 2.75) is 0 Å². The number of methoxy groups -OCH3 is 2. The third kappa shape index (κ3) is 4.90. The van der Waals surface area contributed by atoms with Gasteiger partial charge in [0.25, 0.3) is 0 Å². The molecule has 0 aliphatic rings. The van der Waals surface area contributed by atoms with Gasteiger partial charge in [0.05, 0.1) is 24.9 Å². The molecule has 0 aromatic heterocycles. The van der Waals surface area contributed by atoms with Gasteiger partial charge in [-0.05, 0) is 58.0 Å². The molecule has 2 aromatic carbocycles. The molecule has 0 aliphatic carbocycles. The highest BCUT2D eigenvalue weighted by Crippen LogP contribution is 2.29. The molecular weight excluding hydrogens is 397 g/mol. The minimum atomic E-state index is -0.328. The van der Waals surface area contributed by atoms with Crippen LogP contribution in [0.15, 0.2) is 46.0 Å². The Labute approximate surface area is 153 Å². The Balaban J connectivity index is 1.95. The number of halogens is 2. The summed E-state index contributed by atoms with van der Waals surface area (Å²) in [6.45, 7) is 0. The van der Waals surface area contributed by atoms with Crippen molar-refractivity contribution in [3.63, 3.8) is 0 Å². The zero-order chi connectivity index (χ0) is 17.5. The lowest BCUT2D eigenvalue weighted by Crippen LogP contribution is -2.23. The summed E-state index contributed by atoms with van der Waals surface area (Å²) in [7, 11) is 3.13. The number of ether oxygens (including phenoxy) is 2. The van der Waals surface area contributed by atoms with Crippen molar-refractivity contribution in [2.75, 3.05) is 19.5 Å². The molecule has 0 amide bonds. The van der Waals surface area contributed by atoms with Gasteiger partial charge in [-0.2, -0.15) is 5.10 Å². The molecule has 2 aromatic rings. The summed E-state index contributed by atoms with van der Waals surface area (Å²) in [4.78, 5) is 0. The van der Waals surface area contributed by atoms with Gasteiger partial charge in [0.15, 0.2) is 16.6 Å². The van der Waals surface area contributed by atoms with Crippen molar-refractivity contribution >= 4 is 45.2 Å². The molecule has 2 rings (SSSR count). The van der Waals surface area contributed by atoms with E-state index in [1.165, 1.54) is 12.3 Å². The highest BCUT2D eigenvalue weighted by Gasteiger charge is 2.05. The van der Waals surface area contributed by atoms with Gasteiger partial charge in [-0.3, -0.25) is 5.43 Å².